The van der Waals surface area contributed by atoms with Crippen molar-refractivity contribution in [3.63, 3.8) is 0 Å². The number of nitrogens with zero attached hydrogens (tertiary/aromatic N) is 3. The molecule has 1 aromatic heterocycles. The van der Waals surface area contributed by atoms with E-state index in [1.165, 1.54) is 16.2 Å². The monoisotopic (exact) mass is 238 g/mol. The molecule has 0 fully saturated rings. The fourth-order valence-corrected chi connectivity index (χ4v) is 1.52. The molecule has 1 aromatic rings. The van der Waals surface area contributed by atoms with E-state index in [2.05, 4.69) is 21.4 Å². The minimum absolute atomic E-state index is 0.0478. The number of aldehydes is 1. The average molecular weight is 238 g/mol. The van der Waals surface area contributed by atoms with Crippen LogP contribution in [0.5, 0.6) is 0 Å². The number of urea groups is 1. The number of carbonyl (C=O) groups is 2. The first kappa shape index (κ1) is 12.1. The lowest BCUT2D eigenvalue weighted by Crippen LogP contribution is -2.36. The lowest BCUT2D eigenvalue weighted by Gasteiger charge is -2.16. The van der Waals surface area contributed by atoms with Gasteiger partial charge in [0.05, 0.1) is 13.1 Å². The van der Waals surface area contributed by atoms with Crippen molar-refractivity contribution in [2.24, 2.45) is 0 Å². The van der Waals surface area contributed by atoms with E-state index in [9.17, 15) is 9.59 Å². The van der Waals surface area contributed by atoms with E-state index >= 15 is 0 Å². The average Bonchev–Trinajstić information content (AvgIpc) is 2.63. The van der Waals surface area contributed by atoms with Gasteiger partial charge < -0.3 is 9.69 Å². The van der Waals surface area contributed by atoms with Crippen LogP contribution in [0.25, 0.3) is 0 Å². The Morgan fingerprint density at radius 2 is 2.44 bits per heavy atom. The maximum Gasteiger partial charge on any atom is 0.324 e. The summed E-state index contributed by atoms with van der Waals surface area (Å²) in [5.41, 5.74) is 0. The normalized spacial score (nSPS) is 9.25. The van der Waals surface area contributed by atoms with E-state index < -0.39 is 6.03 Å². The van der Waals surface area contributed by atoms with Gasteiger partial charge >= 0.3 is 6.03 Å². The van der Waals surface area contributed by atoms with Gasteiger partial charge in [-0.3, -0.25) is 5.32 Å². The molecule has 0 aromatic carbocycles. The topological polar surface area (TPSA) is 75.2 Å². The first-order chi connectivity index (χ1) is 7.67. The number of amides is 2. The number of rotatable bonds is 4. The molecule has 1 rings (SSSR count). The van der Waals surface area contributed by atoms with Crippen LogP contribution in [0.2, 0.25) is 0 Å². The van der Waals surface area contributed by atoms with Gasteiger partial charge in [-0.05, 0) is 6.92 Å². The summed E-state index contributed by atoms with van der Waals surface area (Å²) in [7, 11) is 0. The number of anilines is 1. The first-order valence-corrected chi connectivity index (χ1v) is 5.22. The number of hydrogen-bond donors (Lipinski definition) is 1. The number of terminal acetylenes is 1. The predicted octanol–water partition coefficient (Wildman–Crippen LogP) is 0.513. The van der Waals surface area contributed by atoms with E-state index in [-0.39, 0.29) is 13.1 Å². The van der Waals surface area contributed by atoms with Crippen LogP contribution < -0.4 is 5.32 Å². The Balaban J connectivity index is 2.61. The molecule has 1 heterocycles. The zero-order valence-electron chi connectivity index (χ0n) is 8.64. The molecule has 7 heteroatoms. The first-order valence-electron chi connectivity index (χ1n) is 4.40. The highest BCUT2D eigenvalue weighted by Crippen LogP contribution is 2.13. The summed E-state index contributed by atoms with van der Waals surface area (Å²) in [4.78, 5) is 23.1. The van der Waals surface area contributed by atoms with Crippen molar-refractivity contribution in [1.82, 2.24) is 15.1 Å². The number of carbonyl (C=O) groups excluding carboxylic acids is 2. The molecule has 0 saturated carbocycles. The predicted molar refractivity (Wildman–Crippen MR) is 60.1 cm³/mol. The highest BCUT2D eigenvalue weighted by molar-refractivity contribution is 7.15. The highest BCUT2D eigenvalue weighted by Gasteiger charge is 2.13. The van der Waals surface area contributed by atoms with Gasteiger partial charge in [-0.15, -0.1) is 16.6 Å². The molecule has 1 N–H and O–H groups in total. The molecule has 0 aliphatic carbocycles. The zero-order chi connectivity index (χ0) is 12.0. The molecule has 0 saturated heterocycles. The van der Waals surface area contributed by atoms with Crippen molar-refractivity contribution in [3.8, 4) is 12.3 Å². The van der Waals surface area contributed by atoms with Crippen molar-refractivity contribution >= 4 is 28.8 Å². The van der Waals surface area contributed by atoms with Crippen LogP contribution in [0.1, 0.15) is 5.01 Å². The SMILES string of the molecule is C#CCN(CC=O)C(=O)Nc1nnc(C)s1. The lowest BCUT2D eigenvalue weighted by molar-refractivity contribution is -0.108. The fraction of sp³-hybridized carbons (Fsp3) is 0.333. The summed E-state index contributed by atoms with van der Waals surface area (Å²) >= 11 is 1.25. The molecule has 0 aliphatic heterocycles. The molecular weight excluding hydrogens is 228 g/mol. The van der Waals surface area contributed by atoms with Gasteiger partial charge in [0.15, 0.2) is 0 Å². The van der Waals surface area contributed by atoms with Crippen molar-refractivity contribution in [1.29, 1.82) is 0 Å². The third-order valence-corrected chi connectivity index (χ3v) is 2.36. The molecule has 0 bridgehead atoms. The van der Waals surface area contributed by atoms with Crippen LogP contribution >= 0.6 is 11.3 Å². The maximum atomic E-state index is 11.6. The highest BCUT2D eigenvalue weighted by atomic mass is 32.1. The minimum Gasteiger partial charge on any atom is -0.306 e. The summed E-state index contributed by atoms with van der Waals surface area (Å²) in [5, 5.41) is 11.1. The van der Waals surface area contributed by atoms with Gasteiger partial charge in [-0.2, -0.15) is 0 Å². The minimum atomic E-state index is -0.457. The van der Waals surface area contributed by atoms with Crippen LogP contribution in [0.3, 0.4) is 0 Å². The molecule has 0 aliphatic rings. The summed E-state index contributed by atoms with van der Waals surface area (Å²) in [6, 6.07) is -0.457. The van der Waals surface area contributed by atoms with E-state index in [4.69, 9.17) is 6.42 Å². The molecule has 0 spiro atoms. The van der Waals surface area contributed by atoms with Gasteiger partial charge in [0.1, 0.15) is 11.3 Å². The quantitative estimate of drug-likeness (QED) is 0.612. The smallest absolute Gasteiger partial charge is 0.306 e. The van der Waals surface area contributed by atoms with Gasteiger partial charge in [0, 0.05) is 0 Å². The second kappa shape index (κ2) is 5.82. The van der Waals surface area contributed by atoms with Crippen LogP contribution in [-0.4, -0.2) is 40.5 Å². The molecule has 16 heavy (non-hydrogen) atoms. The van der Waals surface area contributed by atoms with Crippen LogP contribution in [-0.2, 0) is 4.79 Å². The van der Waals surface area contributed by atoms with E-state index in [1.54, 1.807) is 6.92 Å². The van der Waals surface area contributed by atoms with E-state index in [1.807, 2.05) is 0 Å². The summed E-state index contributed by atoms with van der Waals surface area (Å²) in [6.45, 7) is 1.80. The Kier molecular flexibility index (Phi) is 4.42. The second-order valence-corrected chi connectivity index (χ2v) is 3.99. The Bertz CT molecular complexity index is 423. The number of aryl methyl sites for hydroxylation is 1. The van der Waals surface area contributed by atoms with Gasteiger partial charge in [0.25, 0.3) is 0 Å². The van der Waals surface area contributed by atoms with Gasteiger partial charge in [-0.1, -0.05) is 17.3 Å². The second-order valence-electron chi connectivity index (χ2n) is 2.81. The number of nitrogens with one attached hydrogen (secondary N) is 1. The molecule has 0 atom stereocenters. The molecule has 6 nitrogen and oxygen atoms in total. The van der Waals surface area contributed by atoms with Crippen LogP contribution in [0.4, 0.5) is 9.93 Å². The summed E-state index contributed by atoms with van der Waals surface area (Å²) in [6.07, 6.45) is 5.70. The fourth-order valence-electron chi connectivity index (χ4n) is 0.937. The standard InChI is InChI=1S/C9H10N4O2S/c1-3-4-13(5-6-14)9(15)10-8-12-11-7(2)16-8/h1,6H,4-5H2,2H3,(H,10,12,15). The van der Waals surface area contributed by atoms with Crippen molar-refractivity contribution < 1.29 is 9.59 Å². The lowest BCUT2D eigenvalue weighted by atomic mass is 10.5. The van der Waals surface area contributed by atoms with E-state index in [0.717, 1.165) is 5.01 Å². The molecule has 2 amide bonds. The van der Waals surface area contributed by atoms with Crippen molar-refractivity contribution in [2.75, 3.05) is 18.4 Å². The van der Waals surface area contributed by atoms with Crippen molar-refractivity contribution in [3.05, 3.63) is 5.01 Å². The van der Waals surface area contributed by atoms with E-state index in [0.29, 0.717) is 11.4 Å². The summed E-state index contributed by atoms with van der Waals surface area (Å²) < 4.78 is 0. The Morgan fingerprint density at radius 3 is 2.94 bits per heavy atom. The molecular formula is C9H10N4O2S. The van der Waals surface area contributed by atoms with Gasteiger partial charge in [-0.25, -0.2) is 4.79 Å². The molecule has 0 radical (unpaired) electrons. The molecule has 84 valence electrons. The number of hydrogen-bond acceptors (Lipinski definition) is 5. The molecule has 0 unspecified atom stereocenters. The maximum absolute atomic E-state index is 11.6. The largest absolute Gasteiger partial charge is 0.324 e. The zero-order valence-corrected chi connectivity index (χ0v) is 9.45. The van der Waals surface area contributed by atoms with Gasteiger partial charge in [0.2, 0.25) is 5.13 Å². The summed E-state index contributed by atoms with van der Waals surface area (Å²) in [5.74, 6) is 2.30. The van der Waals surface area contributed by atoms with Crippen molar-refractivity contribution in [2.45, 2.75) is 6.92 Å². The van der Waals surface area contributed by atoms with Crippen LogP contribution in [0, 0.1) is 19.3 Å². The Hall–Kier alpha value is -1.94. The number of aromatic nitrogens is 2. The van der Waals surface area contributed by atoms with Crippen LogP contribution in [0.15, 0.2) is 0 Å². The third kappa shape index (κ3) is 3.33. The Labute approximate surface area is 96.7 Å². The third-order valence-electron chi connectivity index (χ3n) is 1.60. The Morgan fingerprint density at radius 1 is 1.69 bits per heavy atom.